The Morgan fingerprint density at radius 3 is 2.45 bits per heavy atom. The number of sulfone groups is 1. The number of hydrogen-bond acceptors (Lipinski definition) is 5. The van der Waals surface area contributed by atoms with Gasteiger partial charge in [-0.15, -0.1) is 0 Å². The number of nitrogens with zero attached hydrogens (tertiary/aromatic N) is 3. The van der Waals surface area contributed by atoms with Gasteiger partial charge in [0.05, 0.1) is 44.5 Å². The topological polar surface area (TPSA) is 74.1 Å². The fraction of sp³-hybridized carbons (Fsp3) is 0.143. The summed E-state index contributed by atoms with van der Waals surface area (Å²) in [4.78, 5) is 9.47. The predicted molar refractivity (Wildman–Crippen MR) is 115 cm³/mol. The molecule has 2 heterocycles. The molecule has 0 saturated carbocycles. The molecule has 0 radical (unpaired) electrons. The maximum atomic E-state index is 13.5. The average molecular weight is 472 g/mol. The first kappa shape index (κ1) is 19.6. The van der Waals surface area contributed by atoms with E-state index in [1.165, 1.54) is 0 Å². The Labute approximate surface area is 177 Å². The van der Waals surface area contributed by atoms with Gasteiger partial charge < -0.3 is 9.30 Å². The van der Waals surface area contributed by atoms with Crippen LogP contribution in [-0.2, 0) is 16.9 Å². The Bertz CT molecular complexity index is 1330. The molecule has 2 aromatic carbocycles. The number of fused-ring (bicyclic) bond motifs is 1. The fourth-order valence-electron chi connectivity index (χ4n) is 3.19. The van der Waals surface area contributed by atoms with Crippen molar-refractivity contribution in [1.29, 1.82) is 0 Å². The number of pyridine rings is 1. The summed E-state index contributed by atoms with van der Waals surface area (Å²) in [5, 5.41) is 0.518. The zero-order valence-electron chi connectivity index (χ0n) is 16.0. The molecule has 148 valence electrons. The van der Waals surface area contributed by atoms with E-state index in [-0.39, 0.29) is 9.79 Å². The predicted octanol–water partition coefficient (Wildman–Crippen LogP) is 4.55. The highest BCUT2D eigenvalue weighted by atomic mass is 79.9. The molecular weight excluding hydrogens is 454 g/mol. The number of ether oxygens (including phenoxy) is 1. The molecule has 0 amide bonds. The van der Waals surface area contributed by atoms with E-state index in [2.05, 4.69) is 20.9 Å². The maximum absolute atomic E-state index is 13.5. The van der Waals surface area contributed by atoms with Gasteiger partial charge in [0.1, 0.15) is 11.6 Å². The lowest BCUT2D eigenvalue weighted by Gasteiger charge is -2.14. The summed E-state index contributed by atoms with van der Waals surface area (Å²) in [6.07, 6.45) is 1.69. The zero-order chi connectivity index (χ0) is 20.8. The molecule has 0 aliphatic heterocycles. The van der Waals surface area contributed by atoms with Gasteiger partial charge in [-0.3, -0.25) is 0 Å². The van der Waals surface area contributed by atoms with E-state index in [0.717, 1.165) is 11.5 Å². The summed E-state index contributed by atoms with van der Waals surface area (Å²) in [5.74, 6) is 1.38. The minimum absolute atomic E-state index is 0.186. The number of aromatic nitrogens is 3. The Morgan fingerprint density at radius 1 is 1.10 bits per heavy atom. The van der Waals surface area contributed by atoms with E-state index in [1.54, 1.807) is 61.8 Å². The van der Waals surface area contributed by atoms with Crippen LogP contribution in [0.3, 0.4) is 0 Å². The molecule has 0 bridgehead atoms. The van der Waals surface area contributed by atoms with Crippen molar-refractivity contribution < 1.29 is 13.2 Å². The summed E-state index contributed by atoms with van der Waals surface area (Å²) >= 11 is 3.52. The van der Waals surface area contributed by atoms with Crippen molar-refractivity contribution in [3.63, 3.8) is 0 Å². The normalized spacial score (nSPS) is 11.7. The summed E-state index contributed by atoms with van der Waals surface area (Å²) in [7, 11) is -0.342. The number of rotatable bonds is 4. The minimum Gasteiger partial charge on any atom is -0.495 e. The molecule has 0 unspecified atom stereocenters. The Kier molecular flexibility index (Phi) is 4.92. The van der Waals surface area contributed by atoms with Gasteiger partial charge in [0.15, 0.2) is 0 Å². The van der Waals surface area contributed by atoms with Gasteiger partial charge in [-0.25, -0.2) is 18.4 Å². The maximum Gasteiger partial charge on any atom is 0.207 e. The van der Waals surface area contributed by atoms with Crippen LogP contribution in [0.2, 0.25) is 0 Å². The average Bonchev–Trinajstić information content (AvgIpc) is 3.07. The van der Waals surface area contributed by atoms with Crippen LogP contribution in [0.4, 0.5) is 0 Å². The summed E-state index contributed by atoms with van der Waals surface area (Å²) in [6.45, 7) is 1.88. The van der Waals surface area contributed by atoms with Crippen molar-refractivity contribution in [2.45, 2.75) is 16.7 Å². The summed E-state index contributed by atoms with van der Waals surface area (Å²) in [6, 6.07) is 13.4. The summed E-state index contributed by atoms with van der Waals surface area (Å²) in [5.41, 5.74) is 1.75. The second kappa shape index (κ2) is 7.27. The van der Waals surface area contributed by atoms with E-state index in [1.807, 2.05) is 18.5 Å². The number of benzene rings is 2. The molecule has 4 rings (SSSR count). The highest BCUT2D eigenvalue weighted by molar-refractivity contribution is 9.10. The van der Waals surface area contributed by atoms with Gasteiger partial charge in [-0.2, -0.15) is 0 Å². The van der Waals surface area contributed by atoms with Crippen LogP contribution in [0.25, 0.3) is 22.3 Å². The molecule has 6 nitrogen and oxygen atoms in total. The first-order chi connectivity index (χ1) is 13.8. The number of hydrogen-bond donors (Lipinski definition) is 0. The molecule has 8 heteroatoms. The lowest BCUT2D eigenvalue weighted by molar-refractivity contribution is 0.413. The Hall–Kier alpha value is -2.71. The molecule has 0 aliphatic rings. The van der Waals surface area contributed by atoms with Gasteiger partial charge in [0.2, 0.25) is 9.84 Å². The third-order valence-corrected chi connectivity index (χ3v) is 7.47. The van der Waals surface area contributed by atoms with Gasteiger partial charge in [-0.1, -0.05) is 18.2 Å². The van der Waals surface area contributed by atoms with Crippen LogP contribution in [0, 0.1) is 6.92 Å². The largest absolute Gasteiger partial charge is 0.495 e. The lowest BCUT2D eigenvalue weighted by atomic mass is 10.1. The number of aryl methyl sites for hydroxylation is 1. The molecule has 29 heavy (non-hydrogen) atoms. The van der Waals surface area contributed by atoms with Crippen LogP contribution in [0.15, 0.2) is 69.0 Å². The van der Waals surface area contributed by atoms with Crippen LogP contribution in [0.1, 0.15) is 5.82 Å². The molecule has 0 N–H and O–H groups in total. The van der Waals surface area contributed by atoms with E-state index >= 15 is 0 Å². The highest BCUT2D eigenvalue weighted by Crippen LogP contribution is 2.38. The van der Waals surface area contributed by atoms with Crippen LogP contribution < -0.4 is 4.74 Å². The molecule has 2 aromatic heterocycles. The second-order valence-electron chi connectivity index (χ2n) is 6.55. The Balaban J connectivity index is 2.10. The van der Waals surface area contributed by atoms with Gasteiger partial charge in [-0.05, 0) is 53.2 Å². The first-order valence-corrected chi connectivity index (χ1v) is 11.1. The molecule has 0 spiro atoms. The van der Waals surface area contributed by atoms with Crippen molar-refractivity contribution >= 4 is 36.7 Å². The molecule has 0 saturated heterocycles. The van der Waals surface area contributed by atoms with Crippen molar-refractivity contribution in [3.8, 4) is 17.1 Å². The van der Waals surface area contributed by atoms with Crippen molar-refractivity contribution in [3.05, 3.63) is 65.0 Å². The number of methoxy groups -OCH3 is 1. The van der Waals surface area contributed by atoms with Gasteiger partial charge in [0, 0.05) is 12.4 Å². The molecule has 4 aromatic rings. The number of halogens is 1. The van der Waals surface area contributed by atoms with E-state index in [0.29, 0.717) is 26.8 Å². The van der Waals surface area contributed by atoms with Crippen LogP contribution in [-0.4, -0.2) is 30.1 Å². The molecule has 0 aliphatic carbocycles. The highest BCUT2D eigenvalue weighted by Gasteiger charge is 2.24. The molecule has 0 fully saturated rings. The molecule has 0 atom stereocenters. The standard InChI is InChI=1S/C21H18BrN3O3S/c1-13-23-12-17(25(13)2)16-11-19(29(26,27)14-7-5-4-6-8-14)15-9-10-18(28-3)20(22)21(15)24-16/h4-12H,1-3H3. The van der Waals surface area contributed by atoms with Gasteiger partial charge in [0.25, 0.3) is 0 Å². The smallest absolute Gasteiger partial charge is 0.207 e. The Morgan fingerprint density at radius 2 is 1.83 bits per heavy atom. The van der Waals surface area contributed by atoms with Crippen LogP contribution in [0.5, 0.6) is 5.75 Å². The second-order valence-corrected chi connectivity index (χ2v) is 9.26. The van der Waals surface area contributed by atoms with E-state index in [9.17, 15) is 8.42 Å². The van der Waals surface area contributed by atoms with Crippen LogP contribution >= 0.6 is 15.9 Å². The lowest BCUT2D eigenvalue weighted by Crippen LogP contribution is -2.05. The van der Waals surface area contributed by atoms with Gasteiger partial charge >= 0.3 is 0 Å². The SMILES string of the molecule is COc1ccc2c(S(=O)(=O)c3ccccc3)cc(-c3cnc(C)n3C)nc2c1Br. The summed E-state index contributed by atoms with van der Waals surface area (Å²) < 4.78 is 34.8. The van der Waals surface area contributed by atoms with E-state index in [4.69, 9.17) is 9.72 Å². The third-order valence-electron chi connectivity index (χ3n) is 4.89. The number of imidazole rings is 1. The monoisotopic (exact) mass is 471 g/mol. The molecular formula is C21H18BrN3O3S. The minimum atomic E-state index is -3.77. The first-order valence-electron chi connectivity index (χ1n) is 8.80. The zero-order valence-corrected chi connectivity index (χ0v) is 18.5. The van der Waals surface area contributed by atoms with Crippen molar-refractivity contribution in [2.24, 2.45) is 7.05 Å². The third kappa shape index (κ3) is 3.22. The van der Waals surface area contributed by atoms with Crippen molar-refractivity contribution in [2.75, 3.05) is 7.11 Å². The van der Waals surface area contributed by atoms with E-state index < -0.39 is 9.84 Å². The van der Waals surface area contributed by atoms with Crippen molar-refractivity contribution in [1.82, 2.24) is 14.5 Å². The quantitative estimate of drug-likeness (QED) is 0.436. The fourth-order valence-corrected chi connectivity index (χ4v) is 5.27.